The number of methoxy groups -OCH3 is 1. The van der Waals surface area contributed by atoms with Gasteiger partial charge in [0.05, 0.1) is 25.2 Å². The number of nitrogens with one attached hydrogen (secondary N) is 1. The minimum Gasteiger partial charge on any atom is -0.497 e. The van der Waals surface area contributed by atoms with Crippen LogP contribution in [0.2, 0.25) is 0 Å². The van der Waals surface area contributed by atoms with Gasteiger partial charge in [0.1, 0.15) is 5.75 Å². The Bertz CT molecular complexity index is 895. The highest BCUT2D eigenvalue weighted by Crippen LogP contribution is 2.22. The average Bonchev–Trinajstić information content (AvgIpc) is 2.68. The molecule has 8 heteroatoms. The number of anilines is 1. The first-order chi connectivity index (χ1) is 12.9. The fourth-order valence-electron chi connectivity index (χ4n) is 2.86. The second-order valence-electron chi connectivity index (χ2n) is 6.25. The largest absolute Gasteiger partial charge is 0.497 e. The number of hydrogen-bond donors (Lipinski definition) is 1. The molecule has 1 aliphatic rings. The summed E-state index contributed by atoms with van der Waals surface area (Å²) >= 11 is 0. The third kappa shape index (κ3) is 4.29. The minimum absolute atomic E-state index is 0.193. The third-order valence-electron chi connectivity index (χ3n) is 4.38. The highest BCUT2D eigenvalue weighted by Gasteiger charge is 2.31. The Morgan fingerprint density at radius 3 is 2.41 bits per heavy atom. The van der Waals surface area contributed by atoms with Crippen molar-refractivity contribution >= 4 is 21.6 Å². The summed E-state index contributed by atoms with van der Waals surface area (Å²) in [5.74, 6) is 0.383. The molecule has 1 fully saturated rings. The minimum atomic E-state index is -3.59. The molecule has 27 heavy (non-hydrogen) atoms. The maximum atomic E-state index is 12.8. The van der Waals surface area contributed by atoms with Gasteiger partial charge in [0.15, 0.2) is 0 Å². The Labute approximate surface area is 158 Å². The molecule has 1 aliphatic heterocycles. The quantitative estimate of drug-likeness (QED) is 0.847. The van der Waals surface area contributed by atoms with E-state index in [0.717, 1.165) is 0 Å². The molecule has 1 heterocycles. The Hall–Kier alpha value is -2.42. The van der Waals surface area contributed by atoms with Gasteiger partial charge in [0.25, 0.3) is 5.91 Å². The second kappa shape index (κ2) is 8.08. The fraction of sp³-hybridized carbons (Fsp3) is 0.316. The molecule has 0 aromatic heterocycles. The lowest BCUT2D eigenvalue weighted by molar-refractivity contribution is 0.0393. The predicted octanol–water partition coefficient (Wildman–Crippen LogP) is 2.36. The Morgan fingerprint density at radius 1 is 1.15 bits per heavy atom. The van der Waals surface area contributed by atoms with Crippen LogP contribution < -0.4 is 10.1 Å². The molecule has 1 N–H and O–H groups in total. The van der Waals surface area contributed by atoms with Crippen LogP contribution in [0.3, 0.4) is 0 Å². The van der Waals surface area contributed by atoms with E-state index in [1.807, 2.05) is 6.92 Å². The molecule has 2 aromatic rings. The van der Waals surface area contributed by atoms with Crippen LogP contribution in [0, 0.1) is 0 Å². The Kier molecular flexibility index (Phi) is 5.79. The first kappa shape index (κ1) is 19.3. The van der Waals surface area contributed by atoms with Crippen LogP contribution >= 0.6 is 0 Å². The number of carbonyl (C=O) groups is 1. The zero-order chi connectivity index (χ0) is 19.4. The summed E-state index contributed by atoms with van der Waals surface area (Å²) in [5.41, 5.74) is 0.999. The van der Waals surface area contributed by atoms with Gasteiger partial charge >= 0.3 is 0 Å². The van der Waals surface area contributed by atoms with Crippen LogP contribution in [0.25, 0.3) is 0 Å². The van der Waals surface area contributed by atoms with Gasteiger partial charge in [-0.3, -0.25) is 4.79 Å². The molecular weight excluding hydrogens is 368 g/mol. The van der Waals surface area contributed by atoms with E-state index < -0.39 is 10.0 Å². The lowest BCUT2D eigenvalue weighted by atomic mass is 10.2. The van der Waals surface area contributed by atoms with Crippen molar-refractivity contribution in [2.24, 2.45) is 0 Å². The average molecular weight is 390 g/mol. The van der Waals surface area contributed by atoms with E-state index in [4.69, 9.17) is 9.47 Å². The van der Waals surface area contributed by atoms with E-state index in [-0.39, 0.29) is 16.8 Å². The Morgan fingerprint density at radius 2 is 1.81 bits per heavy atom. The molecule has 1 atom stereocenters. The molecular formula is C19H22N2O5S. The maximum Gasteiger partial charge on any atom is 0.255 e. The van der Waals surface area contributed by atoms with Crippen molar-refractivity contribution in [1.29, 1.82) is 0 Å². The molecule has 7 nitrogen and oxygen atoms in total. The summed E-state index contributed by atoms with van der Waals surface area (Å²) in [7, 11) is -2.03. The molecule has 144 valence electrons. The van der Waals surface area contributed by atoms with Gasteiger partial charge in [0.2, 0.25) is 10.0 Å². The van der Waals surface area contributed by atoms with Crippen molar-refractivity contribution < 1.29 is 22.7 Å². The normalized spacial score (nSPS) is 18.1. The standard InChI is InChI=1S/C19H22N2O5S/c1-14-13-26-12-11-21(14)27(23,24)18-9-5-16(6-10-18)20-19(22)15-3-7-17(25-2)8-4-15/h3-10,14H,11-13H2,1-2H3,(H,20,22). The first-order valence-corrected chi connectivity index (χ1v) is 10.0. The lowest BCUT2D eigenvalue weighted by Gasteiger charge is -2.32. The van der Waals surface area contributed by atoms with Gasteiger partial charge in [-0.25, -0.2) is 8.42 Å². The lowest BCUT2D eigenvalue weighted by Crippen LogP contribution is -2.46. The summed E-state index contributed by atoms with van der Waals surface area (Å²) in [4.78, 5) is 12.5. The van der Waals surface area contributed by atoms with Gasteiger partial charge in [0, 0.05) is 23.8 Å². The summed E-state index contributed by atoms with van der Waals surface area (Å²) < 4.78 is 37.4. The van der Waals surface area contributed by atoms with Crippen LogP contribution in [-0.2, 0) is 14.8 Å². The maximum absolute atomic E-state index is 12.8. The molecule has 2 aromatic carbocycles. The van der Waals surface area contributed by atoms with Gasteiger partial charge in [-0.2, -0.15) is 4.31 Å². The summed E-state index contributed by atoms with van der Waals surface area (Å²) in [5, 5.41) is 2.75. The number of sulfonamides is 1. The monoisotopic (exact) mass is 390 g/mol. The molecule has 0 radical (unpaired) electrons. The van der Waals surface area contributed by atoms with Crippen LogP contribution in [0.4, 0.5) is 5.69 Å². The van der Waals surface area contributed by atoms with Crippen LogP contribution in [0.1, 0.15) is 17.3 Å². The number of carbonyl (C=O) groups excluding carboxylic acids is 1. The zero-order valence-corrected chi connectivity index (χ0v) is 16.0. The molecule has 1 unspecified atom stereocenters. The number of rotatable bonds is 5. The molecule has 3 rings (SSSR count). The second-order valence-corrected chi connectivity index (χ2v) is 8.14. The van der Waals surface area contributed by atoms with Crippen molar-refractivity contribution in [3.8, 4) is 5.75 Å². The number of nitrogens with zero attached hydrogens (tertiary/aromatic N) is 1. The van der Waals surface area contributed by atoms with E-state index in [1.165, 1.54) is 16.4 Å². The first-order valence-electron chi connectivity index (χ1n) is 8.57. The number of hydrogen-bond acceptors (Lipinski definition) is 5. The molecule has 0 spiro atoms. The third-order valence-corrected chi connectivity index (χ3v) is 6.41. The fourth-order valence-corrected chi connectivity index (χ4v) is 4.46. The van der Waals surface area contributed by atoms with Crippen LogP contribution in [0.15, 0.2) is 53.4 Å². The molecule has 0 bridgehead atoms. The summed E-state index contributed by atoms with van der Waals surface area (Å²) in [6, 6.07) is 12.7. The topological polar surface area (TPSA) is 84.9 Å². The summed E-state index contributed by atoms with van der Waals surface area (Å²) in [6.07, 6.45) is 0. The molecule has 1 amide bonds. The van der Waals surface area contributed by atoms with Gasteiger partial charge in [-0.05, 0) is 55.5 Å². The smallest absolute Gasteiger partial charge is 0.255 e. The predicted molar refractivity (Wildman–Crippen MR) is 102 cm³/mol. The number of benzene rings is 2. The van der Waals surface area contributed by atoms with Crippen molar-refractivity contribution in [3.05, 3.63) is 54.1 Å². The number of ether oxygens (including phenoxy) is 2. The van der Waals surface area contributed by atoms with Crippen molar-refractivity contribution in [1.82, 2.24) is 4.31 Å². The van der Waals surface area contributed by atoms with Crippen molar-refractivity contribution in [3.63, 3.8) is 0 Å². The Balaban J connectivity index is 1.71. The van der Waals surface area contributed by atoms with Crippen molar-refractivity contribution in [2.75, 3.05) is 32.2 Å². The van der Waals surface area contributed by atoms with Gasteiger partial charge in [-0.15, -0.1) is 0 Å². The zero-order valence-electron chi connectivity index (χ0n) is 15.2. The van der Waals surface area contributed by atoms with E-state index in [2.05, 4.69) is 5.32 Å². The highest BCUT2D eigenvalue weighted by atomic mass is 32.2. The van der Waals surface area contributed by atoms with Gasteiger partial charge in [-0.1, -0.05) is 0 Å². The molecule has 1 saturated heterocycles. The van der Waals surface area contributed by atoms with Crippen LogP contribution in [0.5, 0.6) is 5.75 Å². The van der Waals surface area contributed by atoms with Gasteiger partial charge < -0.3 is 14.8 Å². The van der Waals surface area contributed by atoms with E-state index in [0.29, 0.717) is 36.8 Å². The number of morpholine rings is 1. The molecule has 0 aliphatic carbocycles. The van der Waals surface area contributed by atoms with E-state index in [1.54, 1.807) is 43.5 Å². The van der Waals surface area contributed by atoms with E-state index in [9.17, 15) is 13.2 Å². The summed E-state index contributed by atoms with van der Waals surface area (Å²) in [6.45, 7) is 2.93. The van der Waals surface area contributed by atoms with E-state index >= 15 is 0 Å². The molecule has 0 saturated carbocycles. The highest BCUT2D eigenvalue weighted by molar-refractivity contribution is 7.89. The number of amides is 1. The van der Waals surface area contributed by atoms with Crippen molar-refractivity contribution in [2.45, 2.75) is 17.9 Å². The SMILES string of the molecule is COc1ccc(C(=O)Nc2ccc(S(=O)(=O)N3CCOCC3C)cc2)cc1. The van der Waals surface area contributed by atoms with Crippen LogP contribution in [-0.4, -0.2) is 51.5 Å².